The number of nitrogens with one attached hydrogen (secondary N) is 1. The zero-order valence-corrected chi connectivity index (χ0v) is 14.4. The second kappa shape index (κ2) is 6.55. The molecule has 1 unspecified atom stereocenters. The number of rotatable bonds is 4. The average Bonchev–Trinajstić information content (AvgIpc) is 3.05. The number of benzene rings is 2. The van der Waals surface area contributed by atoms with Crippen LogP contribution in [0.25, 0.3) is 22.2 Å². The second-order valence-electron chi connectivity index (χ2n) is 6.17. The highest BCUT2D eigenvalue weighted by molar-refractivity contribution is 5.87. The van der Waals surface area contributed by atoms with Crippen molar-refractivity contribution in [2.24, 2.45) is 0 Å². The first-order chi connectivity index (χ1) is 12.6. The van der Waals surface area contributed by atoms with Gasteiger partial charge in [0.15, 0.2) is 0 Å². The molecule has 0 aliphatic rings. The van der Waals surface area contributed by atoms with Crippen molar-refractivity contribution in [3.05, 3.63) is 71.9 Å². The molecule has 2 heterocycles. The van der Waals surface area contributed by atoms with E-state index in [0.29, 0.717) is 11.5 Å². The number of nitrogens with zero attached hydrogens (tertiary/aromatic N) is 3. The quantitative estimate of drug-likeness (QED) is 0.568. The number of aromatic nitrogens is 3. The summed E-state index contributed by atoms with van der Waals surface area (Å²) >= 11 is 0. The van der Waals surface area contributed by atoms with Gasteiger partial charge in [0.2, 0.25) is 0 Å². The molecule has 2 aromatic carbocycles. The van der Waals surface area contributed by atoms with Crippen molar-refractivity contribution in [2.45, 2.75) is 19.9 Å². The van der Waals surface area contributed by atoms with Crippen LogP contribution in [0.3, 0.4) is 0 Å². The molecule has 2 aromatic heterocycles. The highest BCUT2D eigenvalue weighted by atomic mass is 19.1. The van der Waals surface area contributed by atoms with E-state index in [-0.39, 0.29) is 11.9 Å². The molecule has 1 atom stereocenters. The molecule has 1 N–H and O–H groups in total. The lowest BCUT2D eigenvalue weighted by Gasteiger charge is -2.16. The number of fused-ring (bicyclic) bond motifs is 1. The van der Waals surface area contributed by atoms with Crippen molar-refractivity contribution in [3.8, 4) is 11.1 Å². The van der Waals surface area contributed by atoms with Crippen molar-refractivity contribution >= 4 is 16.9 Å². The van der Waals surface area contributed by atoms with E-state index in [1.54, 1.807) is 12.1 Å². The van der Waals surface area contributed by atoms with Crippen LogP contribution in [-0.2, 0) is 0 Å². The molecule has 0 fully saturated rings. The lowest BCUT2D eigenvalue weighted by Crippen LogP contribution is -2.08. The monoisotopic (exact) mass is 348 g/mol. The molecule has 4 rings (SSSR count). The lowest BCUT2D eigenvalue weighted by atomic mass is 10.0. The molecule has 4 aromatic rings. The predicted molar refractivity (Wildman–Crippen MR) is 98.2 cm³/mol. The summed E-state index contributed by atoms with van der Waals surface area (Å²) in [4.78, 5) is 8.41. The number of anilines is 1. The maximum absolute atomic E-state index is 13.1. The van der Waals surface area contributed by atoms with Crippen LogP contribution < -0.4 is 5.32 Å². The molecule has 0 saturated carbocycles. The first kappa shape index (κ1) is 16.2. The molecule has 5 nitrogen and oxygen atoms in total. The Hall–Kier alpha value is -3.28. The van der Waals surface area contributed by atoms with Crippen molar-refractivity contribution in [3.63, 3.8) is 0 Å². The highest BCUT2D eigenvalue weighted by Gasteiger charge is 2.14. The van der Waals surface area contributed by atoms with Crippen LogP contribution in [-0.4, -0.2) is 15.1 Å². The van der Waals surface area contributed by atoms with Gasteiger partial charge >= 0.3 is 0 Å². The molecule has 0 radical (unpaired) electrons. The van der Waals surface area contributed by atoms with E-state index in [0.717, 1.165) is 27.8 Å². The minimum absolute atomic E-state index is 0.0321. The molecule has 0 aliphatic carbocycles. The van der Waals surface area contributed by atoms with Crippen LogP contribution in [0.4, 0.5) is 10.2 Å². The fraction of sp³-hybridized carbons (Fsp3) is 0.150. The Balaban J connectivity index is 1.57. The fourth-order valence-corrected chi connectivity index (χ4v) is 2.93. The maximum Gasteiger partial charge on any atom is 0.263 e. The van der Waals surface area contributed by atoms with E-state index in [2.05, 4.69) is 39.5 Å². The van der Waals surface area contributed by atoms with Gasteiger partial charge in [-0.1, -0.05) is 41.6 Å². The molecule has 130 valence electrons. The molecular weight excluding hydrogens is 331 g/mol. The van der Waals surface area contributed by atoms with Gasteiger partial charge in [0.25, 0.3) is 5.71 Å². The van der Waals surface area contributed by atoms with Gasteiger partial charge < -0.3 is 9.84 Å². The van der Waals surface area contributed by atoms with Crippen LogP contribution in [0.15, 0.2) is 59.4 Å². The van der Waals surface area contributed by atoms with Gasteiger partial charge in [-0.2, -0.15) is 4.98 Å². The van der Waals surface area contributed by atoms with Gasteiger partial charge in [0, 0.05) is 6.04 Å². The predicted octanol–water partition coefficient (Wildman–Crippen LogP) is 4.91. The number of aryl methyl sites for hydroxylation is 1. The van der Waals surface area contributed by atoms with E-state index in [4.69, 9.17) is 4.52 Å². The summed E-state index contributed by atoms with van der Waals surface area (Å²) in [6.45, 7) is 3.92. The van der Waals surface area contributed by atoms with E-state index in [9.17, 15) is 4.39 Å². The Labute approximate surface area is 149 Å². The van der Waals surface area contributed by atoms with Crippen LogP contribution in [0.2, 0.25) is 0 Å². The first-order valence-corrected chi connectivity index (χ1v) is 8.31. The third kappa shape index (κ3) is 3.01. The largest absolute Gasteiger partial charge is 0.363 e. The summed E-state index contributed by atoms with van der Waals surface area (Å²) in [5.74, 6) is 0.465. The van der Waals surface area contributed by atoms with E-state index in [1.165, 1.54) is 18.5 Å². The van der Waals surface area contributed by atoms with Gasteiger partial charge in [-0.25, -0.2) is 9.37 Å². The Morgan fingerprint density at radius 1 is 0.962 bits per heavy atom. The molecule has 0 saturated heterocycles. The topological polar surface area (TPSA) is 63.8 Å². The smallest absolute Gasteiger partial charge is 0.263 e. The Bertz CT molecular complexity index is 1040. The van der Waals surface area contributed by atoms with Crippen LogP contribution in [0.1, 0.15) is 24.2 Å². The lowest BCUT2D eigenvalue weighted by molar-refractivity contribution is 0.442. The summed E-state index contributed by atoms with van der Waals surface area (Å²) in [6, 6.07) is 14.7. The number of halogens is 1. The first-order valence-electron chi connectivity index (χ1n) is 8.31. The summed E-state index contributed by atoms with van der Waals surface area (Å²) in [5.41, 5.74) is 4.36. The number of hydrogen-bond acceptors (Lipinski definition) is 5. The average molecular weight is 348 g/mol. The zero-order chi connectivity index (χ0) is 18.1. The van der Waals surface area contributed by atoms with E-state index >= 15 is 0 Å². The van der Waals surface area contributed by atoms with Crippen molar-refractivity contribution in [2.75, 3.05) is 5.32 Å². The minimum Gasteiger partial charge on any atom is -0.363 e. The Kier molecular flexibility index (Phi) is 4.08. The molecule has 0 amide bonds. The molecule has 0 aliphatic heterocycles. The highest BCUT2D eigenvalue weighted by Crippen LogP contribution is 2.27. The van der Waals surface area contributed by atoms with Gasteiger partial charge in [-0.15, -0.1) is 0 Å². The molecule has 6 heteroatoms. The summed E-state index contributed by atoms with van der Waals surface area (Å²) in [5, 5.41) is 8.13. The Morgan fingerprint density at radius 3 is 2.31 bits per heavy atom. The minimum atomic E-state index is -0.233. The zero-order valence-electron chi connectivity index (χ0n) is 14.4. The van der Waals surface area contributed by atoms with Crippen molar-refractivity contribution < 1.29 is 8.91 Å². The van der Waals surface area contributed by atoms with Gasteiger partial charge in [0.05, 0.1) is 5.69 Å². The maximum atomic E-state index is 13.1. The molecular formula is C20H17FN4O. The van der Waals surface area contributed by atoms with Gasteiger partial charge in [-0.3, -0.25) is 0 Å². The summed E-state index contributed by atoms with van der Waals surface area (Å²) in [6.07, 6.45) is 1.46. The van der Waals surface area contributed by atoms with Crippen LogP contribution in [0, 0.1) is 12.7 Å². The molecule has 0 bridgehead atoms. The van der Waals surface area contributed by atoms with Crippen LogP contribution in [0.5, 0.6) is 0 Å². The second-order valence-corrected chi connectivity index (χ2v) is 6.17. The fourth-order valence-electron chi connectivity index (χ4n) is 2.93. The normalized spacial score (nSPS) is 12.3. The summed E-state index contributed by atoms with van der Waals surface area (Å²) < 4.78 is 18.2. The molecule has 26 heavy (non-hydrogen) atoms. The van der Waals surface area contributed by atoms with Crippen molar-refractivity contribution in [1.82, 2.24) is 15.1 Å². The van der Waals surface area contributed by atoms with Gasteiger partial charge in [-0.05, 0) is 42.7 Å². The summed E-state index contributed by atoms with van der Waals surface area (Å²) in [7, 11) is 0. The van der Waals surface area contributed by atoms with Gasteiger partial charge in [0.1, 0.15) is 23.3 Å². The third-order valence-electron chi connectivity index (χ3n) is 4.38. The van der Waals surface area contributed by atoms with E-state index in [1.807, 2.05) is 19.1 Å². The van der Waals surface area contributed by atoms with Crippen LogP contribution >= 0.6 is 0 Å². The Morgan fingerprint density at radius 2 is 1.62 bits per heavy atom. The number of hydrogen-bond donors (Lipinski definition) is 1. The molecule has 0 spiro atoms. The van der Waals surface area contributed by atoms with Crippen molar-refractivity contribution in [1.29, 1.82) is 0 Å². The SMILES string of the molecule is Cc1noc2ncnc(NC(C)c3ccc(-c4ccc(F)cc4)cc3)c12. The van der Waals surface area contributed by atoms with E-state index < -0.39 is 0 Å². The third-order valence-corrected chi connectivity index (χ3v) is 4.38. The standard InChI is InChI=1S/C20H17FN4O/c1-12(24-19-18-13(2)25-26-20(18)23-11-22-19)14-3-5-15(6-4-14)16-7-9-17(21)10-8-16/h3-12H,1-2H3,(H,22,23,24).